The molecule has 0 bridgehead atoms. The molecule has 7 nitrogen and oxygen atoms in total. The molecule has 1 aliphatic heterocycles. The summed E-state index contributed by atoms with van der Waals surface area (Å²) in [5.41, 5.74) is 1.51. The van der Waals surface area contributed by atoms with Crippen molar-refractivity contribution in [2.45, 2.75) is 26.2 Å². The quantitative estimate of drug-likeness (QED) is 0.768. The Morgan fingerprint density at radius 1 is 1.04 bits per heavy atom. The smallest absolute Gasteiger partial charge is 0.269 e. The first-order valence-electron chi connectivity index (χ1n) is 9.29. The predicted octanol–water partition coefficient (Wildman–Crippen LogP) is 2.12. The Morgan fingerprint density at radius 2 is 1.77 bits per heavy atom. The Hall–Kier alpha value is -2.70. The van der Waals surface area contributed by atoms with Gasteiger partial charge in [0, 0.05) is 57.0 Å². The van der Waals surface area contributed by atoms with Crippen LogP contribution in [0.1, 0.15) is 36.7 Å². The third-order valence-corrected chi connectivity index (χ3v) is 4.52. The molecule has 0 atom stereocenters. The zero-order valence-electron chi connectivity index (χ0n) is 15.3. The molecule has 26 heavy (non-hydrogen) atoms. The van der Waals surface area contributed by atoms with E-state index in [2.05, 4.69) is 37.0 Å². The van der Waals surface area contributed by atoms with E-state index in [-0.39, 0.29) is 5.91 Å². The molecule has 0 unspecified atom stereocenters. The molecular formula is C19H26N6O. The van der Waals surface area contributed by atoms with Crippen molar-refractivity contribution in [1.82, 2.24) is 20.3 Å². The number of nitrogens with zero attached hydrogens (tertiary/aromatic N) is 5. The van der Waals surface area contributed by atoms with Gasteiger partial charge in [-0.1, -0.05) is 19.8 Å². The van der Waals surface area contributed by atoms with Crippen molar-refractivity contribution < 1.29 is 4.79 Å². The minimum Gasteiger partial charge on any atom is -0.368 e. The first-order chi connectivity index (χ1) is 12.8. The number of unbranched alkanes of at least 4 members (excludes halogenated alkanes) is 2. The number of aromatic nitrogens is 3. The molecule has 7 heteroatoms. The summed E-state index contributed by atoms with van der Waals surface area (Å²) >= 11 is 0. The summed E-state index contributed by atoms with van der Waals surface area (Å²) in [5.74, 6) is 0.674. The van der Waals surface area contributed by atoms with Crippen LogP contribution >= 0.6 is 0 Å². The van der Waals surface area contributed by atoms with E-state index in [1.54, 1.807) is 18.6 Å². The number of piperazine rings is 1. The molecule has 3 rings (SSSR count). The lowest BCUT2D eigenvalue weighted by molar-refractivity contribution is 0.0948. The SMILES string of the molecule is CCCCCNC(=O)c1cc(N2CCN(c3ncccn3)CC2)ccn1. The number of rotatable bonds is 7. The maximum atomic E-state index is 12.3. The molecule has 1 saturated heterocycles. The van der Waals surface area contributed by atoms with E-state index in [0.29, 0.717) is 12.2 Å². The molecule has 1 fully saturated rings. The number of anilines is 2. The Morgan fingerprint density at radius 3 is 2.50 bits per heavy atom. The lowest BCUT2D eigenvalue weighted by Crippen LogP contribution is -2.47. The normalized spacial score (nSPS) is 14.3. The highest BCUT2D eigenvalue weighted by Crippen LogP contribution is 2.18. The van der Waals surface area contributed by atoms with Crippen LogP contribution in [-0.4, -0.2) is 53.6 Å². The maximum absolute atomic E-state index is 12.3. The van der Waals surface area contributed by atoms with Crippen molar-refractivity contribution in [2.75, 3.05) is 42.5 Å². The van der Waals surface area contributed by atoms with Crippen LogP contribution in [-0.2, 0) is 0 Å². The third-order valence-electron chi connectivity index (χ3n) is 4.52. The van der Waals surface area contributed by atoms with Gasteiger partial charge in [0.25, 0.3) is 5.91 Å². The van der Waals surface area contributed by atoms with E-state index < -0.39 is 0 Å². The van der Waals surface area contributed by atoms with Gasteiger partial charge in [-0.2, -0.15) is 0 Å². The fraction of sp³-hybridized carbons (Fsp3) is 0.474. The van der Waals surface area contributed by atoms with Gasteiger partial charge in [-0.15, -0.1) is 0 Å². The van der Waals surface area contributed by atoms with E-state index in [0.717, 1.165) is 57.1 Å². The summed E-state index contributed by atoms with van der Waals surface area (Å²) in [7, 11) is 0. The topological polar surface area (TPSA) is 74.2 Å². The number of amides is 1. The molecular weight excluding hydrogens is 328 g/mol. The molecule has 0 aromatic carbocycles. The summed E-state index contributed by atoms with van der Waals surface area (Å²) in [6.45, 7) is 6.28. The average molecular weight is 354 g/mol. The van der Waals surface area contributed by atoms with Crippen molar-refractivity contribution >= 4 is 17.5 Å². The number of carbonyl (C=O) groups excluding carboxylic acids is 1. The minimum atomic E-state index is -0.0979. The fourth-order valence-corrected chi connectivity index (χ4v) is 3.03. The van der Waals surface area contributed by atoms with E-state index in [4.69, 9.17) is 0 Å². The van der Waals surface area contributed by atoms with Crippen molar-refractivity contribution in [3.8, 4) is 0 Å². The van der Waals surface area contributed by atoms with Crippen LogP contribution in [0.25, 0.3) is 0 Å². The number of hydrogen-bond donors (Lipinski definition) is 1. The summed E-state index contributed by atoms with van der Waals surface area (Å²) in [6, 6.07) is 5.66. The van der Waals surface area contributed by atoms with Gasteiger partial charge in [-0.3, -0.25) is 9.78 Å². The van der Waals surface area contributed by atoms with Crippen LogP contribution in [0.15, 0.2) is 36.8 Å². The van der Waals surface area contributed by atoms with Crippen LogP contribution < -0.4 is 15.1 Å². The molecule has 2 aromatic heterocycles. The summed E-state index contributed by atoms with van der Waals surface area (Å²) in [4.78, 5) is 29.6. The summed E-state index contributed by atoms with van der Waals surface area (Å²) in [5, 5.41) is 2.95. The van der Waals surface area contributed by atoms with E-state index in [1.165, 1.54) is 0 Å². The second kappa shape index (κ2) is 9.12. The summed E-state index contributed by atoms with van der Waals surface area (Å²) < 4.78 is 0. The van der Waals surface area contributed by atoms with Crippen molar-refractivity contribution in [3.63, 3.8) is 0 Å². The highest BCUT2D eigenvalue weighted by atomic mass is 16.1. The van der Waals surface area contributed by atoms with Crippen LogP contribution in [0.5, 0.6) is 0 Å². The number of hydrogen-bond acceptors (Lipinski definition) is 6. The van der Waals surface area contributed by atoms with Crippen LogP contribution in [0, 0.1) is 0 Å². The zero-order valence-corrected chi connectivity index (χ0v) is 15.3. The Labute approximate surface area is 154 Å². The predicted molar refractivity (Wildman–Crippen MR) is 103 cm³/mol. The Bertz CT molecular complexity index is 700. The summed E-state index contributed by atoms with van der Waals surface area (Å²) in [6.07, 6.45) is 8.52. The molecule has 1 aliphatic rings. The molecule has 0 spiro atoms. The van der Waals surface area contributed by atoms with Crippen LogP contribution in [0.3, 0.4) is 0 Å². The standard InChI is InChI=1S/C19H26N6O/c1-2-3-4-7-21-18(26)17-15-16(6-10-20-17)24-11-13-25(14-12-24)19-22-8-5-9-23-19/h5-6,8-10,15H,2-4,7,11-14H2,1H3,(H,21,26). The third kappa shape index (κ3) is 4.68. The second-order valence-corrected chi connectivity index (χ2v) is 6.39. The van der Waals surface area contributed by atoms with Crippen molar-refractivity contribution in [2.24, 2.45) is 0 Å². The van der Waals surface area contributed by atoms with Gasteiger partial charge in [0.2, 0.25) is 5.95 Å². The fourth-order valence-electron chi connectivity index (χ4n) is 3.03. The van der Waals surface area contributed by atoms with Crippen molar-refractivity contribution in [3.05, 3.63) is 42.5 Å². The monoisotopic (exact) mass is 354 g/mol. The van der Waals surface area contributed by atoms with Crippen molar-refractivity contribution in [1.29, 1.82) is 0 Å². The first-order valence-corrected chi connectivity index (χ1v) is 9.29. The van der Waals surface area contributed by atoms with Gasteiger partial charge in [-0.25, -0.2) is 9.97 Å². The largest absolute Gasteiger partial charge is 0.368 e. The van der Waals surface area contributed by atoms with Gasteiger partial charge in [0.15, 0.2) is 0 Å². The molecule has 1 amide bonds. The Balaban J connectivity index is 1.56. The number of nitrogens with one attached hydrogen (secondary N) is 1. The van der Waals surface area contributed by atoms with Crippen LogP contribution in [0.2, 0.25) is 0 Å². The molecule has 0 saturated carbocycles. The zero-order chi connectivity index (χ0) is 18.2. The molecule has 0 radical (unpaired) electrons. The maximum Gasteiger partial charge on any atom is 0.269 e. The molecule has 0 aliphatic carbocycles. The highest BCUT2D eigenvalue weighted by Gasteiger charge is 2.20. The lowest BCUT2D eigenvalue weighted by atomic mass is 10.2. The highest BCUT2D eigenvalue weighted by molar-refractivity contribution is 5.93. The van der Waals surface area contributed by atoms with Gasteiger partial charge in [-0.05, 0) is 24.6 Å². The van der Waals surface area contributed by atoms with E-state index in [1.807, 2.05) is 18.2 Å². The van der Waals surface area contributed by atoms with Gasteiger partial charge < -0.3 is 15.1 Å². The lowest BCUT2D eigenvalue weighted by Gasteiger charge is -2.36. The first kappa shape index (κ1) is 18.1. The molecule has 138 valence electrons. The molecule has 2 aromatic rings. The van der Waals surface area contributed by atoms with Gasteiger partial charge >= 0.3 is 0 Å². The minimum absolute atomic E-state index is 0.0979. The second-order valence-electron chi connectivity index (χ2n) is 6.39. The molecule has 1 N–H and O–H groups in total. The Kier molecular flexibility index (Phi) is 6.35. The average Bonchev–Trinajstić information content (AvgIpc) is 2.72. The van der Waals surface area contributed by atoms with Gasteiger partial charge in [0.05, 0.1) is 0 Å². The molecule has 3 heterocycles. The van der Waals surface area contributed by atoms with E-state index in [9.17, 15) is 4.79 Å². The number of pyridine rings is 1. The van der Waals surface area contributed by atoms with Gasteiger partial charge in [0.1, 0.15) is 5.69 Å². The number of carbonyl (C=O) groups is 1. The van der Waals surface area contributed by atoms with Crippen LogP contribution in [0.4, 0.5) is 11.6 Å². The van der Waals surface area contributed by atoms with E-state index >= 15 is 0 Å².